The number of carbonyl (C=O) groups excluding carboxylic acids is 3. The van der Waals surface area contributed by atoms with Gasteiger partial charge in [-0.15, -0.1) is 0 Å². The summed E-state index contributed by atoms with van der Waals surface area (Å²) in [6.07, 6.45) is 1.15. The Morgan fingerprint density at radius 3 is 2.33 bits per heavy atom. The maximum atomic E-state index is 12.5. The van der Waals surface area contributed by atoms with Gasteiger partial charge in [0.1, 0.15) is 5.69 Å². The summed E-state index contributed by atoms with van der Waals surface area (Å²) in [7, 11) is 4.22. The highest BCUT2D eigenvalue weighted by molar-refractivity contribution is 6.26. The first-order valence-electron chi connectivity index (χ1n) is 6.50. The third kappa shape index (κ3) is 2.07. The zero-order valence-electron chi connectivity index (χ0n) is 12.6. The molecule has 1 aromatic rings. The first kappa shape index (κ1) is 15.0. The van der Waals surface area contributed by atoms with E-state index in [9.17, 15) is 14.4 Å². The number of esters is 1. The number of hydrogen-bond donors (Lipinski definition) is 0. The molecule has 0 aliphatic heterocycles. The fourth-order valence-electron chi connectivity index (χ4n) is 2.72. The molecule has 1 aliphatic rings. The van der Waals surface area contributed by atoms with Crippen LogP contribution in [0, 0.1) is 0 Å². The molecule has 0 atom stereocenters. The summed E-state index contributed by atoms with van der Waals surface area (Å²) in [4.78, 5) is 36.8. The highest BCUT2D eigenvalue weighted by Gasteiger charge is 2.38. The Bertz CT molecular complexity index is 679. The molecule has 0 radical (unpaired) electrons. The molecule has 0 bridgehead atoms. The van der Waals surface area contributed by atoms with Gasteiger partial charge in [-0.2, -0.15) is 0 Å². The molecule has 112 valence electrons. The molecule has 21 heavy (non-hydrogen) atoms. The van der Waals surface area contributed by atoms with Gasteiger partial charge < -0.3 is 14.0 Å². The van der Waals surface area contributed by atoms with Crippen LogP contribution in [0.2, 0.25) is 0 Å². The number of carbonyl (C=O) groups is 3. The number of allylic oxidation sites excluding steroid dienone is 2. The minimum absolute atomic E-state index is 0.0544. The predicted molar refractivity (Wildman–Crippen MR) is 74.6 cm³/mol. The number of ether oxygens (including phenoxy) is 2. The van der Waals surface area contributed by atoms with Gasteiger partial charge in [0, 0.05) is 18.8 Å². The van der Waals surface area contributed by atoms with Gasteiger partial charge in [-0.25, -0.2) is 4.79 Å². The molecule has 0 saturated heterocycles. The largest absolute Gasteiger partial charge is 0.492 e. The first-order chi connectivity index (χ1) is 9.84. The molecular formula is C15H17NO5. The summed E-state index contributed by atoms with van der Waals surface area (Å²) >= 11 is 0. The van der Waals surface area contributed by atoms with E-state index in [1.165, 1.54) is 14.2 Å². The lowest BCUT2D eigenvalue weighted by Gasteiger charge is -2.12. The molecular weight excluding hydrogens is 274 g/mol. The van der Waals surface area contributed by atoms with Crippen molar-refractivity contribution >= 4 is 17.5 Å². The molecule has 0 N–H and O–H groups in total. The van der Waals surface area contributed by atoms with Crippen LogP contribution in [-0.4, -0.2) is 36.3 Å². The Hall–Kier alpha value is -2.37. The Morgan fingerprint density at radius 1 is 1.24 bits per heavy atom. The van der Waals surface area contributed by atoms with E-state index in [0.717, 1.165) is 6.08 Å². The van der Waals surface area contributed by atoms with Gasteiger partial charge in [0.25, 0.3) is 0 Å². The maximum Gasteiger partial charge on any atom is 0.340 e. The van der Waals surface area contributed by atoms with E-state index >= 15 is 0 Å². The molecule has 0 fully saturated rings. The number of fused-ring (bicyclic) bond motifs is 1. The quantitative estimate of drug-likeness (QED) is 0.794. The number of Topliss-reactive ketones (excluding diaryl/α,β-unsaturated/α-hetero) is 1. The van der Waals surface area contributed by atoms with Crippen LogP contribution in [0.3, 0.4) is 0 Å². The highest BCUT2D eigenvalue weighted by Crippen LogP contribution is 2.33. The lowest BCUT2D eigenvalue weighted by molar-refractivity contribution is 0.0595. The summed E-state index contributed by atoms with van der Waals surface area (Å²) in [6, 6.07) is 0. The average Bonchev–Trinajstić information content (AvgIpc) is 2.76. The van der Waals surface area contributed by atoms with Crippen molar-refractivity contribution < 1.29 is 23.9 Å². The predicted octanol–water partition coefficient (Wildman–Crippen LogP) is 1.84. The molecule has 0 amide bonds. The molecule has 0 spiro atoms. The second-order valence-electron chi connectivity index (χ2n) is 5.10. The van der Waals surface area contributed by atoms with Crippen molar-refractivity contribution in [3.05, 3.63) is 34.3 Å². The summed E-state index contributed by atoms with van der Waals surface area (Å²) in [5.74, 6) is -1.59. The van der Waals surface area contributed by atoms with Crippen molar-refractivity contribution in [1.82, 2.24) is 4.57 Å². The van der Waals surface area contributed by atoms with Gasteiger partial charge in [0.15, 0.2) is 5.76 Å². The molecule has 1 heterocycles. The van der Waals surface area contributed by atoms with E-state index in [-0.39, 0.29) is 34.3 Å². The van der Waals surface area contributed by atoms with Crippen molar-refractivity contribution in [2.75, 3.05) is 14.2 Å². The number of aromatic nitrogens is 1. The van der Waals surface area contributed by atoms with Crippen molar-refractivity contribution in [2.24, 2.45) is 7.05 Å². The molecule has 1 aliphatic carbocycles. The molecule has 0 aromatic carbocycles. The van der Waals surface area contributed by atoms with Crippen LogP contribution >= 0.6 is 0 Å². The average molecular weight is 291 g/mol. The van der Waals surface area contributed by atoms with Gasteiger partial charge >= 0.3 is 5.97 Å². The van der Waals surface area contributed by atoms with E-state index in [1.54, 1.807) is 11.6 Å². The number of nitrogens with zero attached hydrogens (tertiary/aromatic N) is 1. The van der Waals surface area contributed by atoms with Crippen molar-refractivity contribution in [3.8, 4) is 0 Å². The fraction of sp³-hybridized carbons (Fsp3) is 0.400. The second kappa shape index (κ2) is 5.20. The topological polar surface area (TPSA) is 74.6 Å². The lowest BCUT2D eigenvalue weighted by Crippen LogP contribution is -2.21. The highest BCUT2D eigenvalue weighted by atomic mass is 16.5. The van der Waals surface area contributed by atoms with Gasteiger partial charge in [-0.05, 0) is 5.92 Å². The van der Waals surface area contributed by atoms with Crippen LogP contribution in [-0.2, 0) is 16.5 Å². The molecule has 6 nitrogen and oxygen atoms in total. The standard InChI is InChI=1S/C15H17NO5/c1-7(2)12-11(15(19)21-5)10-13(16(12)3)8(17)6-9(20-4)14(10)18/h6-7H,1-5H3. The van der Waals surface area contributed by atoms with E-state index in [2.05, 4.69) is 0 Å². The number of methoxy groups -OCH3 is 2. The van der Waals surface area contributed by atoms with Crippen LogP contribution in [0.4, 0.5) is 0 Å². The number of hydrogen-bond acceptors (Lipinski definition) is 5. The third-order valence-corrected chi connectivity index (χ3v) is 3.54. The summed E-state index contributed by atoms with van der Waals surface area (Å²) in [6.45, 7) is 3.76. The lowest BCUT2D eigenvalue weighted by atomic mass is 9.94. The molecule has 0 unspecified atom stereocenters. The normalized spacial score (nSPS) is 14.1. The summed E-state index contributed by atoms with van der Waals surface area (Å²) in [5.41, 5.74) is 1.01. The Labute approximate surface area is 122 Å². The monoisotopic (exact) mass is 291 g/mol. The SMILES string of the molecule is COC(=O)c1c2c(n(C)c1C(C)C)C(=O)C=C(OC)C2=O. The Balaban J connectivity index is 2.85. The fourth-order valence-corrected chi connectivity index (χ4v) is 2.72. The van der Waals surface area contributed by atoms with Crippen molar-refractivity contribution in [2.45, 2.75) is 19.8 Å². The third-order valence-electron chi connectivity index (χ3n) is 3.54. The van der Waals surface area contributed by atoms with Crippen molar-refractivity contribution in [1.29, 1.82) is 0 Å². The minimum Gasteiger partial charge on any atom is -0.492 e. The molecule has 6 heteroatoms. The zero-order valence-corrected chi connectivity index (χ0v) is 12.6. The molecule has 0 saturated carbocycles. The van der Waals surface area contributed by atoms with Crippen LogP contribution in [0.15, 0.2) is 11.8 Å². The minimum atomic E-state index is -0.631. The van der Waals surface area contributed by atoms with Gasteiger partial charge in [0.2, 0.25) is 11.6 Å². The second-order valence-corrected chi connectivity index (χ2v) is 5.10. The molecule has 2 rings (SSSR count). The maximum absolute atomic E-state index is 12.5. The number of ketones is 2. The first-order valence-corrected chi connectivity index (χ1v) is 6.50. The van der Waals surface area contributed by atoms with E-state index < -0.39 is 11.8 Å². The molecule has 1 aromatic heterocycles. The van der Waals surface area contributed by atoms with Gasteiger partial charge in [-0.1, -0.05) is 13.8 Å². The summed E-state index contributed by atoms with van der Waals surface area (Å²) in [5, 5.41) is 0. The smallest absolute Gasteiger partial charge is 0.340 e. The van der Waals surface area contributed by atoms with Crippen LogP contribution in [0.5, 0.6) is 0 Å². The summed E-state index contributed by atoms with van der Waals surface area (Å²) < 4.78 is 11.3. The van der Waals surface area contributed by atoms with E-state index in [4.69, 9.17) is 9.47 Å². The van der Waals surface area contributed by atoms with Gasteiger partial charge in [0.05, 0.1) is 25.3 Å². The van der Waals surface area contributed by atoms with E-state index in [1.807, 2.05) is 13.8 Å². The zero-order chi connectivity index (χ0) is 15.9. The Kier molecular flexibility index (Phi) is 3.72. The van der Waals surface area contributed by atoms with Crippen LogP contribution in [0.25, 0.3) is 0 Å². The van der Waals surface area contributed by atoms with Crippen molar-refractivity contribution in [3.63, 3.8) is 0 Å². The van der Waals surface area contributed by atoms with Crippen LogP contribution < -0.4 is 0 Å². The van der Waals surface area contributed by atoms with Crippen LogP contribution in [0.1, 0.15) is 56.7 Å². The number of rotatable bonds is 3. The Morgan fingerprint density at radius 2 is 1.86 bits per heavy atom. The van der Waals surface area contributed by atoms with Gasteiger partial charge in [-0.3, -0.25) is 9.59 Å². The van der Waals surface area contributed by atoms with E-state index in [0.29, 0.717) is 5.69 Å².